The Morgan fingerprint density at radius 2 is 2.14 bits per heavy atom. The highest BCUT2D eigenvalue weighted by molar-refractivity contribution is 5.97. The molecule has 0 fully saturated rings. The molecule has 1 aromatic heterocycles. The van der Waals surface area contributed by atoms with E-state index in [-0.39, 0.29) is 29.9 Å². The first-order valence-corrected chi connectivity index (χ1v) is 9.53. The van der Waals surface area contributed by atoms with Crippen LogP contribution in [-0.4, -0.2) is 28.4 Å². The van der Waals surface area contributed by atoms with Crippen molar-refractivity contribution in [1.82, 2.24) is 15.2 Å². The van der Waals surface area contributed by atoms with Gasteiger partial charge in [0, 0.05) is 18.2 Å². The summed E-state index contributed by atoms with van der Waals surface area (Å²) >= 11 is 0. The van der Waals surface area contributed by atoms with Gasteiger partial charge in [-0.15, -0.1) is 0 Å². The molecule has 154 valence electrons. The van der Waals surface area contributed by atoms with E-state index < -0.39 is 22.9 Å². The molecule has 0 spiro atoms. The van der Waals surface area contributed by atoms with Gasteiger partial charge in [-0.25, -0.2) is 4.39 Å². The lowest BCUT2D eigenvalue weighted by molar-refractivity contribution is 0.0945. The summed E-state index contributed by atoms with van der Waals surface area (Å²) in [7, 11) is 0. The third-order valence-electron chi connectivity index (χ3n) is 5.31. The zero-order valence-electron chi connectivity index (χ0n) is 16.6. The number of hydrogen-bond acceptors (Lipinski definition) is 5. The number of fused-ring (bicyclic) bond motifs is 1. The van der Waals surface area contributed by atoms with E-state index in [1.807, 2.05) is 13.8 Å². The number of aldehydes is 1. The first-order chi connectivity index (χ1) is 13.8. The summed E-state index contributed by atoms with van der Waals surface area (Å²) in [5.41, 5.74) is -0.160. The van der Waals surface area contributed by atoms with Crippen molar-refractivity contribution in [1.29, 1.82) is 0 Å². The van der Waals surface area contributed by atoms with Crippen molar-refractivity contribution in [2.75, 3.05) is 6.54 Å². The van der Waals surface area contributed by atoms with Crippen LogP contribution in [0.3, 0.4) is 0 Å². The second-order valence-corrected chi connectivity index (χ2v) is 7.24. The Balaban J connectivity index is 2.06. The molecule has 1 amide bonds. The van der Waals surface area contributed by atoms with Gasteiger partial charge in [-0.1, -0.05) is 25.1 Å². The van der Waals surface area contributed by atoms with Crippen molar-refractivity contribution in [2.24, 2.45) is 0 Å². The number of nitrogens with zero attached hydrogens (tertiary/aromatic N) is 1. The molecule has 3 rings (SSSR count). The minimum absolute atomic E-state index is 0.108. The summed E-state index contributed by atoms with van der Waals surface area (Å²) in [6, 6.07) is 4.34. The quantitative estimate of drug-likeness (QED) is 0.645. The number of benzene rings is 1. The lowest BCUT2D eigenvalue weighted by Crippen LogP contribution is -2.34. The SMILES string of the molecule is CCNC1C[C@H](C)n2c(C=O)c(O)c(=O)c(C(=O)NCc3cccc(C)c3F)c21. The van der Waals surface area contributed by atoms with Crippen molar-refractivity contribution in [3.8, 4) is 5.75 Å². The summed E-state index contributed by atoms with van der Waals surface area (Å²) < 4.78 is 15.8. The van der Waals surface area contributed by atoms with Gasteiger partial charge in [0.15, 0.2) is 12.0 Å². The summed E-state index contributed by atoms with van der Waals surface area (Å²) in [5, 5.41) is 16.1. The third kappa shape index (κ3) is 3.55. The Kier molecular flexibility index (Phi) is 5.83. The van der Waals surface area contributed by atoms with Crippen molar-refractivity contribution >= 4 is 12.2 Å². The van der Waals surface area contributed by atoms with E-state index in [1.54, 1.807) is 29.7 Å². The second kappa shape index (κ2) is 8.16. The van der Waals surface area contributed by atoms with Gasteiger partial charge >= 0.3 is 0 Å². The molecule has 2 atom stereocenters. The maximum Gasteiger partial charge on any atom is 0.257 e. The van der Waals surface area contributed by atoms with Gasteiger partial charge in [0.25, 0.3) is 5.91 Å². The third-order valence-corrected chi connectivity index (χ3v) is 5.31. The molecule has 0 saturated carbocycles. The number of amides is 1. The molecule has 2 aromatic rings. The monoisotopic (exact) mass is 401 g/mol. The molecule has 1 unspecified atom stereocenters. The molecule has 3 N–H and O–H groups in total. The lowest BCUT2D eigenvalue weighted by atomic mass is 10.0. The highest BCUT2D eigenvalue weighted by atomic mass is 19.1. The molecular formula is C21H24FN3O4. The Morgan fingerprint density at radius 1 is 1.41 bits per heavy atom. The maximum absolute atomic E-state index is 14.2. The van der Waals surface area contributed by atoms with Crippen LogP contribution < -0.4 is 16.1 Å². The number of hydrogen-bond donors (Lipinski definition) is 3. The van der Waals surface area contributed by atoms with E-state index in [2.05, 4.69) is 10.6 Å². The molecule has 1 aliphatic rings. The minimum atomic E-state index is -0.905. The van der Waals surface area contributed by atoms with Crippen LogP contribution in [0.2, 0.25) is 0 Å². The van der Waals surface area contributed by atoms with Gasteiger partial charge in [0.05, 0.1) is 11.7 Å². The van der Waals surface area contributed by atoms with Crippen LogP contribution in [0, 0.1) is 12.7 Å². The molecule has 0 bridgehead atoms. The van der Waals surface area contributed by atoms with Crippen molar-refractivity contribution in [3.63, 3.8) is 0 Å². The van der Waals surface area contributed by atoms with E-state index in [0.29, 0.717) is 36.1 Å². The highest BCUT2D eigenvalue weighted by Crippen LogP contribution is 2.38. The molecule has 2 heterocycles. The maximum atomic E-state index is 14.2. The molecule has 29 heavy (non-hydrogen) atoms. The van der Waals surface area contributed by atoms with Crippen LogP contribution in [0.15, 0.2) is 23.0 Å². The molecule has 1 aliphatic heterocycles. The number of carbonyl (C=O) groups is 2. The number of aromatic hydroxyl groups is 1. The van der Waals surface area contributed by atoms with Gasteiger partial charge in [-0.3, -0.25) is 14.4 Å². The van der Waals surface area contributed by atoms with Gasteiger partial charge in [0.2, 0.25) is 5.43 Å². The highest BCUT2D eigenvalue weighted by Gasteiger charge is 2.37. The van der Waals surface area contributed by atoms with E-state index in [0.717, 1.165) is 0 Å². The van der Waals surface area contributed by atoms with Crippen LogP contribution in [0.4, 0.5) is 4.39 Å². The van der Waals surface area contributed by atoms with E-state index >= 15 is 0 Å². The lowest BCUT2D eigenvalue weighted by Gasteiger charge is -2.19. The van der Waals surface area contributed by atoms with Crippen LogP contribution in [-0.2, 0) is 6.54 Å². The van der Waals surface area contributed by atoms with Gasteiger partial charge in [-0.05, 0) is 32.4 Å². The Hall–Kier alpha value is -3.00. The van der Waals surface area contributed by atoms with E-state index in [9.17, 15) is 23.9 Å². The fourth-order valence-electron chi connectivity index (χ4n) is 3.96. The number of nitrogens with one attached hydrogen (secondary N) is 2. The first kappa shape index (κ1) is 20.7. The number of aromatic nitrogens is 1. The topological polar surface area (TPSA) is 100 Å². The number of rotatable bonds is 6. The fourth-order valence-corrected chi connectivity index (χ4v) is 3.96. The summed E-state index contributed by atoms with van der Waals surface area (Å²) in [4.78, 5) is 37.2. The molecule has 0 aliphatic carbocycles. The van der Waals surface area contributed by atoms with Crippen molar-refractivity contribution < 1.29 is 19.1 Å². The molecular weight excluding hydrogens is 377 g/mol. The zero-order valence-corrected chi connectivity index (χ0v) is 16.6. The van der Waals surface area contributed by atoms with E-state index in [1.165, 1.54) is 0 Å². The average Bonchev–Trinajstić information content (AvgIpc) is 3.00. The summed E-state index contributed by atoms with van der Waals surface area (Å²) in [6.45, 7) is 5.86. The standard InChI is InChI=1S/C21H24FN3O4/c1-4-23-14-8-12(3)25-15(10-26)19(27)20(28)16(18(14)25)21(29)24-9-13-7-5-6-11(2)17(13)22/h5-7,10,12,14,23,27H,4,8-9H2,1-3H3,(H,24,29)/t12-,14?/m0/s1. The number of carbonyl (C=O) groups excluding carboxylic acids is 2. The predicted octanol–water partition coefficient (Wildman–Crippen LogP) is 2.36. The van der Waals surface area contributed by atoms with Crippen LogP contribution in [0.25, 0.3) is 0 Å². The molecule has 1 aromatic carbocycles. The Labute approximate surface area is 167 Å². The first-order valence-electron chi connectivity index (χ1n) is 9.53. The molecule has 0 radical (unpaired) electrons. The van der Waals surface area contributed by atoms with Crippen LogP contribution in [0.1, 0.15) is 70.0 Å². The Bertz CT molecular complexity index is 1030. The van der Waals surface area contributed by atoms with Gasteiger partial charge in [0.1, 0.15) is 17.1 Å². The van der Waals surface area contributed by atoms with Crippen LogP contribution in [0.5, 0.6) is 5.75 Å². The van der Waals surface area contributed by atoms with E-state index in [4.69, 9.17) is 0 Å². The van der Waals surface area contributed by atoms with Gasteiger partial charge < -0.3 is 20.3 Å². The average molecular weight is 401 g/mol. The minimum Gasteiger partial charge on any atom is -0.503 e. The summed E-state index contributed by atoms with van der Waals surface area (Å²) in [6.07, 6.45) is 0.985. The predicted molar refractivity (Wildman–Crippen MR) is 106 cm³/mol. The molecule has 7 nitrogen and oxygen atoms in total. The smallest absolute Gasteiger partial charge is 0.257 e. The molecule has 0 saturated heterocycles. The zero-order chi connectivity index (χ0) is 21.3. The Morgan fingerprint density at radius 3 is 2.79 bits per heavy atom. The normalized spacial score (nSPS) is 17.8. The number of aryl methyl sites for hydroxylation is 1. The largest absolute Gasteiger partial charge is 0.503 e. The number of halogens is 1. The van der Waals surface area contributed by atoms with Crippen molar-refractivity contribution in [2.45, 2.75) is 45.8 Å². The second-order valence-electron chi connectivity index (χ2n) is 7.24. The fraction of sp³-hybridized carbons (Fsp3) is 0.381. The van der Waals surface area contributed by atoms with Crippen molar-refractivity contribution in [3.05, 3.63) is 62.3 Å². The number of pyridine rings is 1. The van der Waals surface area contributed by atoms with Crippen LogP contribution >= 0.6 is 0 Å². The summed E-state index contributed by atoms with van der Waals surface area (Å²) in [5.74, 6) is -1.89. The van der Waals surface area contributed by atoms with Gasteiger partial charge in [-0.2, -0.15) is 0 Å². The molecule has 8 heteroatoms.